The maximum absolute atomic E-state index is 6.21. The molecule has 3 aliphatic rings. The van der Waals surface area contributed by atoms with Gasteiger partial charge in [0.1, 0.15) is 12.4 Å². The van der Waals surface area contributed by atoms with Crippen molar-refractivity contribution in [3.63, 3.8) is 0 Å². The van der Waals surface area contributed by atoms with Gasteiger partial charge in [-0.1, -0.05) is 43.2 Å². The summed E-state index contributed by atoms with van der Waals surface area (Å²) in [5.74, 6) is 2.81. The lowest BCUT2D eigenvalue weighted by molar-refractivity contribution is -0.0502. The number of hydrogen-bond acceptors (Lipinski definition) is 5. The summed E-state index contributed by atoms with van der Waals surface area (Å²) in [6.07, 6.45) is 5.26. The first-order valence-electron chi connectivity index (χ1n) is 12.0. The molecule has 8 heteroatoms. The van der Waals surface area contributed by atoms with Crippen molar-refractivity contribution in [3.05, 3.63) is 47.5 Å². The Bertz CT molecular complexity index is 922. The zero-order valence-corrected chi connectivity index (χ0v) is 19.3. The smallest absolute Gasteiger partial charge is 0.194 e. The van der Waals surface area contributed by atoms with Crippen molar-refractivity contribution in [1.82, 2.24) is 29.9 Å². The first-order chi connectivity index (χ1) is 15.7. The molecule has 0 spiro atoms. The number of hydrogen-bond donors (Lipinski definition) is 1. The normalized spacial score (nSPS) is 24.8. The predicted octanol–water partition coefficient (Wildman–Crippen LogP) is 2.10. The van der Waals surface area contributed by atoms with Crippen LogP contribution >= 0.6 is 0 Å². The number of morpholine rings is 1. The molecule has 1 aromatic heterocycles. The zero-order chi connectivity index (χ0) is 21.9. The highest BCUT2D eigenvalue weighted by atomic mass is 16.5. The third-order valence-electron chi connectivity index (χ3n) is 7.19. The van der Waals surface area contributed by atoms with Crippen LogP contribution in [0.4, 0.5) is 0 Å². The fourth-order valence-electron chi connectivity index (χ4n) is 5.17. The van der Waals surface area contributed by atoms with E-state index in [0.717, 1.165) is 50.4 Å². The van der Waals surface area contributed by atoms with E-state index in [2.05, 4.69) is 55.6 Å². The van der Waals surface area contributed by atoms with E-state index < -0.39 is 0 Å². The second-order valence-corrected chi connectivity index (χ2v) is 9.33. The maximum Gasteiger partial charge on any atom is 0.194 e. The molecule has 2 atom stereocenters. The highest BCUT2D eigenvalue weighted by Gasteiger charge is 2.41. The molecule has 0 amide bonds. The Morgan fingerprint density at radius 3 is 2.72 bits per heavy atom. The molecular formula is C24H35N7O. The number of likely N-dealkylation sites (tertiary alicyclic amines) is 1. The van der Waals surface area contributed by atoms with E-state index in [-0.39, 0.29) is 6.10 Å². The van der Waals surface area contributed by atoms with Gasteiger partial charge in [-0.05, 0) is 25.3 Å². The number of aryl methyl sites for hydroxylation is 1. The number of ether oxygens (including phenoxy) is 1. The molecule has 0 bridgehead atoms. The Labute approximate surface area is 190 Å². The SMILES string of the molecule is Cc1nnc(CN=C(NC2CCCC2)N2CC3OCCN(Cc4ccccc4)C3C2)n1C. The summed E-state index contributed by atoms with van der Waals surface area (Å²) in [5.41, 5.74) is 1.36. The van der Waals surface area contributed by atoms with E-state index >= 15 is 0 Å². The molecular weight excluding hydrogens is 402 g/mol. The van der Waals surface area contributed by atoms with Crippen LogP contribution in [0.15, 0.2) is 35.3 Å². The van der Waals surface area contributed by atoms with Gasteiger partial charge in [0.2, 0.25) is 0 Å². The number of rotatable bonds is 5. The molecule has 1 aliphatic carbocycles. The Morgan fingerprint density at radius 1 is 1.16 bits per heavy atom. The molecule has 3 heterocycles. The minimum Gasteiger partial charge on any atom is -0.373 e. The summed E-state index contributed by atoms with van der Waals surface area (Å²) in [5, 5.41) is 12.3. The zero-order valence-electron chi connectivity index (χ0n) is 19.3. The van der Waals surface area contributed by atoms with Crippen molar-refractivity contribution in [2.45, 2.75) is 63.9 Å². The fourth-order valence-corrected chi connectivity index (χ4v) is 5.17. The molecule has 0 radical (unpaired) electrons. The number of fused-ring (bicyclic) bond motifs is 1. The van der Waals surface area contributed by atoms with E-state index in [1.54, 1.807) is 0 Å². The summed E-state index contributed by atoms with van der Waals surface area (Å²) in [6, 6.07) is 11.7. The average Bonchev–Trinajstić information content (AvgIpc) is 3.54. The van der Waals surface area contributed by atoms with Crippen LogP contribution in [-0.2, 0) is 24.9 Å². The minimum absolute atomic E-state index is 0.222. The number of guanidine groups is 1. The van der Waals surface area contributed by atoms with E-state index in [9.17, 15) is 0 Å². The second kappa shape index (κ2) is 9.58. The number of aromatic nitrogens is 3. The molecule has 5 rings (SSSR count). The van der Waals surface area contributed by atoms with Gasteiger partial charge in [0.05, 0.1) is 18.8 Å². The summed E-state index contributed by atoms with van der Waals surface area (Å²) in [7, 11) is 2.00. The van der Waals surface area contributed by atoms with Crippen LogP contribution in [-0.4, -0.2) is 75.0 Å². The number of nitrogens with one attached hydrogen (secondary N) is 1. The van der Waals surface area contributed by atoms with Gasteiger partial charge in [0, 0.05) is 39.3 Å². The molecule has 8 nitrogen and oxygen atoms in total. The number of nitrogens with zero attached hydrogens (tertiary/aromatic N) is 6. The Balaban J connectivity index is 1.32. The molecule has 2 aliphatic heterocycles. The van der Waals surface area contributed by atoms with E-state index in [1.165, 1.54) is 31.2 Å². The van der Waals surface area contributed by atoms with Crippen LogP contribution in [0.5, 0.6) is 0 Å². The van der Waals surface area contributed by atoms with Crippen molar-refractivity contribution in [3.8, 4) is 0 Å². The van der Waals surface area contributed by atoms with Crippen molar-refractivity contribution in [1.29, 1.82) is 0 Å². The van der Waals surface area contributed by atoms with Crippen LogP contribution in [0.3, 0.4) is 0 Å². The Kier molecular flexibility index (Phi) is 6.41. The van der Waals surface area contributed by atoms with Gasteiger partial charge in [0.15, 0.2) is 11.8 Å². The molecule has 2 unspecified atom stereocenters. The Hall–Kier alpha value is -2.45. The summed E-state index contributed by atoms with van der Waals surface area (Å²) < 4.78 is 8.23. The third kappa shape index (κ3) is 4.66. The lowest BCUT2D eigenvalue weighted by Crippen LogP contribution is -2.50. The van der Waals surface area contributed by atoms with Crippen LogP contribution < -0.4 is 5.32 Å². The van der Waals surface area contributed by atoms with Gasteiger partial charge >= 0.3 is 0 Å². The van der Waals surface area contributed by atoms with Gasteiger partial charge in [0.25, 0.3) is 0 Å². The minimum atomic E-state index is 0.222. The standard InChI is InChI=1S/C24H35N7O/c1-18-27-28-23(29(18)2)14-25-24(26-20-10-6-7-11-20)31-16-21-22(17-31)32-13-12-30(21)15-19-8-4-3-5-9-19/h3-5,8-9,20-22H,6-7,10-17H2,1-2H3,(H,25,26). The summed E-state index contributed by atoms with van der Waals surface area (Å²) in [6.45, 7) is 7.07. The third-order valence-corrected chi connectivity index (χ3v) is 7.19. The highest BCUT2D eigenvalue weighted by molar-refractivity contribution is 5.80. The predicted molar refractivity (Wildman–Crippen MR) is 124 cm³/mol. The molecule has 172 valence electrons. The van der Waals surface area contributed by atoms with Crippen LogP contribution in [0.2, 0.25) is 0 Å². The number of benzene rings is 1. The van der Waals surface area contributed by atoms with Crippen LogP contribution in [0, 0.1) is 6.92 Å². The maximum atomic E-state index is 6.21. The lowest BCUT2D eigenvalue weighted by Gasteiger charge is -2.36. The monoisotopic (exact) mass is 437 g/mol. The van der Waals surface area contributed by atoms with Crippen LogP contribution in [0.1, 0.15) is 42.9 Å². The van der Waals surface area contributed by atoms with E-state index in [0.29, 0.717) is 18.6 Å². The van der Waals surface area contributed by atoms with Gasteiger partial charge < -0.3 is 19.5 Å². The van der Waals surface area contributed by atoms with Crippen molar-refractivity contribution < 1.29 is 4.74 Å². The largest absolute Gasteiger partial charge is 0.373 e. The molecule has 2 saturated heterocycles. The fraction of sp³-hybridized carbons (Fsp3) is 0.625. The quantitative estimate of drug-likeness (QED) is 0.571. The van der Waals surface area contributed by atoms with Gasteiger partial charge in [-0.25, -0.2) is 4.99 Å². The van der Waals surface area contributed by atoms with Gasteiger partial charge in [-0.3, -0.25) is 4.90 Å². The first kappa shape index (κ1) is 21.4. The van der Waals surface area contributed by atoms with Gasteiger partial charge in [-0.2, -0.15) is 0 Å². The molecule has 2 aromatic rings. The highest BCUT2D eigenvalue weighted by Crippen LogP contribution is 2.26. The molecule has 32 heavy (non-hydrogen) atoms. The molecule has 3 fully saturated rings. The summed E-state index contributed by atoms with van der Waals surface area (Å²) in [4.78, 5) is 10.0. The lowest BCUT2D eigenvalue weighted by atomic mass is 10.1. The molecule has 1 N–H and O–H groups in total. The van der Waals surface area contributed by atoms with E-state index in [1.807, 2.05) is 18.5 Å². The van der Waals surface area contributed by atoms with E-state index in [4.69, 9.17) is 9.73 Å². The van der Waals surface area contributed by atoms with Crippen molar-refractivity contribution in [2.24, 2.45) is 12.0 Å². The molecule has 1 saturated carbocycles. The Morgan fingerprint density at radius 2 is 1.97 bits per heavy atom. The first-order valence-corrected chi connectivity index (χ1v) is 12.0. The summed E-state index contributed by atoms with van der Waals surface area (Å²) >= 11 is 0. The topological polar surface area (TPSA) is 70.8 Å². The van der Waals surface area contributed by atoms with Crippen molar-refractivity contribution >= 4 is 5.96 Å². The average molecular weight is 438 g/mol. The second-order valence-electron chi connectivity index (χ2n) is 9.33. The van der Waals surface area contributed by atoms with Crippen LogP contribution in [0.25, 0.3) is 0 Å². The number of aliphatic imine (C=N–C) groups is 1. The molecule has 1 aromatic carbocycles. The van der Waals surface area contributed by atoms with Crippen molar-refractivity contribution in [2.75, 3.05) is 26.2 Å². The van der Waals surface area contributed by atoms with Gasteiger partial charge in [-0.15, -0.1) is 10.2 Å².